The third-order valence-electron chi connectivity index (χ3n) is 5.42. The number of benzene rings is 1. The molecule has 6 heteroatoms. The fourth-order valence-electron chi connectivity index (χ4n) is 4.39. The summed E-state index contributed by atoms with van der Waals surface area (Å²) in [5, 5.41) is 13.4. The Hall–Kier alpha value is -1.30. The summed E-state index contributed by atoms with van der Waals surface area (Å²) in [7, 11) is 0. The van der Waals surface area contributed by atoms with Crippen LogP contribution in [0.5, 0.6) is 5.75 Å². The van der Waals surface area contributed by atoms with Crippen molar-refractivity contribution in [3.05, 3.63) is 29.3 Å². The van der Waals surface area contributed by atoms with Gasteiger partial charge in [-0.2, -0.15) is 0 Å². The number of halogens is 1. The molecule has 1 aromatic rings. The highest BCUT2D eigenvalue weighted by molar-refractivity contribution is 6.30. The Kier molecular flexibility index (Phi) is 3.55. The SMILES string of the molecule is O=C(COc1ccc(Cl)cc1)NC12CC(N3CCC(O)C3)(C1)C2. The first-order chi connectivity index (χ1) is 11.0. The van der Waals surface area contributed by atoms with E-state index in [1.165, 1.54) is 0 Å². The number of nitrogens with zero attached hydrogens (tertiary/aromatic N) is 1. The van der Waals surface area contributed by atoms with Crippen molar-refractivity contribution in [1.82, 2.24) is 10.2 Å². The predicted molar refractivity (Wildman–Crippen MR) is 86.6 cm³/mol. The number of ether oxygens (including phenoxy) is 1. The van der Waals surface area contributed by atoms with E-state index < -0.39 is 0 Å². The molecule has 2 bridgehead atoms. The van der Waals surface area contributed by atoms with Crippen molar-refractivity contribution in [2.24, 2.45) is 0 Å². The smallest absolute Gasteiger partial charge is 0.258 e. The van der Waals surface area contributed by atoms with Gasteiger partial charge in [0.1, 0.15) is 5.75 Å². The Morgan fingerprint density at radius 3 is 2.65 bits per heavy atom. The molecule has 1 heterocycles. The summed E-state index contributed by atoms with van der Waals surface area (Å²) in [5.41, 5.74) is 0.204. The third kappa shape index (κ3) is 2.71. The minimum absolute atomic E-state index is 0.0266. The van der Waals surface area contributed by atoms with E-state index in [-0.39, 0.29) is 29.7 Å². The van der Waals surface area contributed by atoms with Gasteiger partial charge in [0.25, 0.3) is 5.91 Å². The summed E-state index contributed by atoms with van der Waals surface area (Å²) in [6.45, 7) is 1.79. The number of rotatable bonds is 5. The predicted octanol–water partition coefficient (Wildman–Crippen LogP) is 1.58. The van der Waals surface area contributed by atoms with Gasteiger partial charge in [0.2, 0.25) is 0 Å². The molecule has 5 nitrogen and oxygen atoms in total. The molecule has 0 spiro atoms. The second-order valence-electron chi connectivity index (χ2n) is 7.21. The molecule has 0 aromatic heterocycles. The summed E-state index contributed by atoms with van der Waals surface area (Å²) >= 11 is 5.81. The van der Waals surface area contributed by atoms with E-state index in [0.717, 1.165) is 38.8 Å². The number of aliphatic hydroxyl groups excluding tert-OH is 1. The molecule has 4 fully saturated rings. The van der Waals surface area contributed by atoms with Gasteiger partial charge < -0.3 is 15.2 Å². The normalized spacial score (nSPS) is 35.3. The highest BCUT2D eigenvalue weighted by Crippen LogP contribution is 2.64. The number of amides is 1. The van der Waals surface area contributed by atoms with E-state index in [0.29, 0.717) is 10.8 Å². The zero-order valence-electron chi connectivity index (χ0n) is 12.9. The molecule has 23 heavy (non-hydrogen) atoms. The molecule has 3 aliphatic carbocycles. The number of nitrogens with one attached hydrogen (secondary N) is 1. The first-order valence-electron chi connectivity index (χ1n) is 8.11. The molecule has 0 radical (unpaired) electrons. The molecular formula is C17H21ClN2O3. The third-order valence-corrected chi connectivity index (χ3v) is 5.68. The van der Waals surface area contributed by atoms with E-state index in [4.69, 9.17) is 16.3 Å². The maximum atomic E-state index is 12.1. The molecule has 1 amide bonds. The summed E-state index contributed by atoms with van der Waals surface area (Å²) in [6, 6.07) is 6.99. The first kappa shape index (κ1) is 15.2. The standard InChI is InChI=1S/C17H21ClN2O3/c18-12-1-3-14(4-2-12)23-8-15(22)19-16-9-17(10-16,11-16)20-6-5-13(21)7-20/h1-4,13,21H,5-11H2,(H,19,22). The van der Waals surface area contributed by atoms with Gasteiger partial charge in [-0.1, -0.05) is 11.6 Å². The zero-order valence-corrected chi connectivity index (χ0v) is 13.7. The Morgan fingerprint density at radius 1 is 1.35 bits per heavy atom. The van der Waals surface area contributed by atoms with Gasteiger partial charge in [0.05, 0.1) is 6.10 Å². The maximum Gasteiger partial charge on any atom is 0.258 e. The average molecular weight is 337 g/mol. The molecule has 1 unspecified atom stereocenters. The van der Waals surface area contributed by atoms with Crippen molar-refractivity contribution in [3.63, 3.8) is 0 Å². The summed E-state index contributed by atoms with van der Waals surface area (Å²) < 4.78 is 5.48. The monoisotopic (exact) mass is 336 g/mol. The number of hydrogen-bond acceptors (Lipinski definition) is 4. The van der Waals surface area contributed by atoms with Gasteiger partial charge in [0.15, 0.2) is 6.61 Å². The molecule has 1 saturated heterocycles. The van der Waals surface area contributed by atoms with Crippen molar-refractivity contribution in [3.8, 4) is 5.75 Å². The first-order valence-corrected chi connectivity index (χ1v) is 8.49. The molecule has 124 valence electrons. The van der Waals surface area contributed by atoms with Crippen LogP contribution in [0.1, 0.15) is 25.7 Å². The molecule has 2 N–H and O–H groups in total. The van der Waals surface area contributed by atoms with Crippen LogP contribution in [0.15, 0.2) is 24.3 Å². The molecule has 3 saturated carbocycles. The largest absolute Gasteiger partial charge is 0.484 e. The van der Waals surface area contributed by atoms with Crippen LogP contribution in [0.3, 0.4) is 0 Å². The van der Waals surface area contributed by atoms with Crippen LogP contribution in [0.4, 0.5) is 0 Å². The molecule has 1 aliphatic heterocycles. The Labute approximate surface area is 140 Å². The van der Waals surface area contributed by atoms with Gasteiger partial charge in [-0.3, -0.25) is 9.69 Å². The van der Waals surface area contributed by atoms with Crippen molar-refractivity contribution in [2.75, 3.05) is 19.7 Å². The van der Waals surface area contributed by atoms with Crippen LogP contribution in [0, 0.1) is 0 Å². The van der Waals surface area contributed by atoms with Gasteiger partial charge in [0, 0.05) is 29.2 Å². The van der Waals surface area contributed by atoms with Crippen molar-refractivity contribution in [2.45, 2.75) is 42.9 Å². The summed E-state index contributed by atoms with van der Waals surface area (Å²) in [6.07, 6.45) is 3.69. The van der Waals surface area contributed by atoms with Crippen LogP contribution in [0.25, 0.3) is 0 Å². The van der Waals surface area contributed by atoms with Crippen molar-refractivity contribution in [1.29, 1.82) is 0 Å². The van der Waals surface area contributed by atoms with Crippen LogP contribution >= 0.6 is 11.6 Å². The average Bonchev–Trinajstić information content (AvgIpc) is 2.87. The number of likely N-dealkylation sites (tertiary alicyclic amines) is 1. The second-order valence-corrected chi connectivity index (χ2v) is 7.65. The second kappa shape index (κ2) is 5.36. The number of carbonyl (C=O) groups is 1. The number of carbonyl (C=O) groups excluding carboxylic acids is 1. The van der Waals surface area contributed by atoms with Crippen molar-refractivity contribution >= 4 is 17.5 Å². The molecule has 1 atom stereocenters. The summed E-state index contributed by atoms with van der Waals surface area (Å²) in [5.74, 6) is 0.569. The topological polar surface area (TPSA) is 61.8 Å². The molecule has 5 rings (SSSR count). The van der Waals surface area contributed by atoms with Crippen molar-refractivity contribution < 1.29 is 14.6 Å². The Balaban J connectivity index is 1.23. The quantitative estimate of drug-likeness (QED) is 0.857. The van der Waals surface area contributed by atoms with E-state index in [1.54, 1.807) is 24.3 Å². The van der Waals surface area contributed by atoms with Gasteiger partial charge in [-0.15, -0.1) is 0 Å². The molecular weight excluding hydrogens is 316 g/mol. The lowest BCUT2D eigenvalue weighted by Crippen LogP contribution is -2.83. The van der Waals surface area contributed by atoms with Crippen LogP contribution in [-0.4, -0.2) is 52.8 Å². The number of hydrogen-bond donors (Lipinski definition) is 2. The Bertz CT molecular complexity index is 599. The zero-order chi connectivity index (χ0) is 16.1. The highest BCUT2D eigenvalue weighted by atomic mass is 35.5. The molecule has 1 aromatic carbocycles. The van der Waals surface area contributed by atoms with Crippen LogP contribution < -0.4 is 10.1 Å². The van der Waals surface area contributed by atoms with E-state index in [9.17, 15) is 9.90 Å². The lowest BCUT2D eigenvalue weighted by Gasteiger charge is -2.73. The van der Waals surface area contributed by atoms with E-state index >= 15 is 0 Å². The summed E-state index contributed by atoms with van der Waals surface area (Å²) in [4.78, 5) is 14.5. The highest BCUT2D eigenvalue weighted by Gasteiger charge is 2.71. The van der Waals surface area contributed by atoms with Gasteiger partial charge in [-0.25, -0.2) is 0 Å². The maximum absolute atomic E-state index is 12.1. The van der Waals surface area contributed by atoms with Gasteiger partial charge in [-0.05, 0) is 49.9 Å². The lowest BCUT2D eigenvalue weighted by molar-refractivity contribution is -0.180. The van der Waals surface area contributed by atoms with Crippen LogP contribution in [-0.2, 0) is 4.79 Å². The van der Waals surface area contributed by atoms with Crippen LogP contribution in [0.2, 0.25) is 5.02 Å². The van der Waals surface area contributed by atoms with Gasteiger partial charge >= 0.3 is 0 Å². The minimum atomic E-state index is -0.178. The fourth-order valence-corrected chi connectivity index (χ4v) is 4.51. The fraction of sp³-hybridized carbons (Fsp3) is 0.588. The van der Waals surface area contributed by atoms with E-state index in [2.05, 4.69) is 10.2 Å². The number of aliphatic hydroxyl groups is 1. The minimum Gasteiger partial charge on any atom is -0.484 e. The number of β-amino-alcohol motifs (C(OH)–C–C–N with tert-alkyl or cyclic N) is 1. The molecule has 4 aliphatic rings. The Morgan fingerprint density at radius 2 is 2.04 bits per heavy atom. The lowest BCUT2D eigenvalue weighted by atomic mass is 9.43. The van der Waals surface area contributed by atoms with E-state index in [1.807, 2.05) is 0 Å².